The van der Waals surface area contributed by atoms with Crippen molar-refractivity contribution in [1.29, 1.82) is 0 Å². The molecule has 0 aliphatic carbocycles. The summed E-state index contributed by atoms with van der Waals surface area (Å²) < 4.78 is 13.5. The molecule has 0 amide bonds. The maximum atomic E-state index is 13.5. The average molecular weight is 436 g/mol. The van der Waals surface area contributed by atoms with Crippen molar-refractivity contribution in [3.63, 3.8) is 0 Å². The maximum absolute atomic E-state index is 13.5. The van der Waals surface area contributed by atoms with Gasteiger partial charge < -0.3 is 16.0 Å². The lowest BCUT2D eigenvalue weighted by Crippen LogP contribution is -2.44. The smallest absolute Gasteiger partial charge is 0.191 e. The van der Waals surface area contributed by atoms with E-state index < -0.39 is 0 Å². The Morgan fingerprint density at radius 3 is 2.43 bits per heavy atom. The van der Waals surface area contributed by atoms with Crippen LogP contribution in [0.1, 0.15) is 38.8 Å². The third-order valence-electron chi connectivity index (χ3n) is 3.07. The van der Waals surface area contributed by atoms with E-state index in [1.807, 2.05) is 13.0 Å². The summed E-state index contributed by atoms with van der Waals surface area (Å²) in [5, 5.41) is 9.88. The van der Waals surface area contributed by atoms with E-state index in [0.29, 0.717) is 12.1 Å². The number of rotatable bonds is 6. The highest BCUT2D eigenvalue weighted by Gasteiger charge is 2.07. The van der Waals surface area contributed by atoms with Crippen molar-refractivity contribution in [3.05, 3.63) is 35.1 Å². The van der Waals surface area contributed by atoms with Gasteiger partial charge in [0.25, 0.3) is 0 Å². The SMILES string of the molecule is CCNC(=NCc1ccc(C)c(F)c1)NCCNC(C)(C)C.I. The summed E-state index contributed by atoms with van der Waals surface area (Å²) in [5.74, 6) is 0.569. The molecule has 1 rings (SSSR count). The molecule has 0 aromatic heterocycles. The molecule has 1 aromatic rings. The molecule has 1 aromatic carbocycles. The number of guanidine groups is 1. The fourth-order valence-corrected chi connectivity index (χ4v) is 1.87. The van der Waals surface area contributed by atoms with Crippen LogP contribution in [0.15, 0.2) is 23.2 Å². The molecule has 6 heteroatoms. The fraction of sp³-hybridized carbons (Fsp3) is 0.588. The van der Waals surface area contributed by atoms with Crippen molar-refractivity contribution in [2.45, 2.75) is 46.7 Å². The lowest BCUT2D eigenvalue weighted by atomic mass is 10.1. The number of benzene rings is 1. The molecule has 0 bridgehead atoms. The molecular weight excluding hydrogens is 406 g/mol. The Hall–Kier alpha value is -0.890. The Balaban J connectivity index is 0.00000484. The summed E-state index contributed by atoms with van der Waals surface area (Å²) in [6, 6.07) is 5.24. The van der Waals surface area contributed by atoms with Crippen molar-refractivity contribution < 1.29 is 4.39 Å². The fourth-order valence-electron chi connectivity index (χ4n) is 1.87. The number of aryl methyl sites for hydroxylation is 1. The van der Waals surface area contributed by atoms with E-state index >= 15 is 0 Å². The molecule has 0 spiro atoms. The zero-order valence-corrected chi connectivity index (χ0v) is 17.1. The number of aliphatic imine (C=N–C) groups is 1. The lowest BCUT2D eigenvalue weighted by Gasteiger charge is -2.21. The van der Waals surface area contributed by atoms with Gasteiger partial charge in [-0.05, 0) is 51.8 Å². The summed E-state index contributed by atoms with van der Waals surface area (Å²) in [7, 11) is 0. The highest BCUT2D eigenvalue weighted by molar-refractivity contribution is 14.0. The molecule has 132 valence electrons. The van der Waals surface area contributed by atoms with Gasteiger partial charge >= 0.3 is 0 Å². The van der Waals surface area contributed by atoms with Crippen molar-refractivity contribution >= 4 is 29.9 Å². The van der Waals surface area contributed by atoms with Gasteiger partial charge in [0.15, 0.2) is 5.96 Å². The summed E-state index contributed by atoms with van der Waals surface area (Å²) >= 11 is 0. The topological polar surface area (TPSA) is 48.5 Å². The molecule has 4 nitrogen and oxygen atoms in total. The molecular formula is C17H30FIN4. The summed E-state index contributed by atoms with van der Waals surface area (Å²) in [6.45, 7) is 13.1. The monoisotopic (exact) mass is 436 g/mol. The van der Waals surface area contributed by atoms with Gasteiger partial charge in [-0.2, -0.15) is 0 Å². The Morgan fingerprint density at radius 2 is 1.87 bits per heavy atom. The van der Waals surface area contributed by atoms with E-state index in [9.17, 15) is 4.39 Å². The van der Waals surface area contributed by atoms with Gasteiger partial charge in [-0.15, -0.1) is 24.0 Å². The van der Waals surface area contributed by atoms with Crippen LogP contribution >= 0.6 is 24.0 Å². The number of halogens is 2. The highest BCUT2D eigenvalue weighted by Crippen LogP contribution is 2.09. The van der Waals surface area contributed by atoms with E-state index in [1.54, 1.807) is 19.1 Å². The van der Waals surface area contributed by atoms with Crippen LogP contribution in [0.2, 0.25) is 0 Å². The minimum absolute atomic E-state index is 0. The number of nitrogens with zero attached hydrogens (tertiary/aromatic N) is 1. The van der Waals surface area contributed by atoms with Crippen LogP contribution in [0.5, 0.6) is 0 Å². The van der Waals surface area contributed by atoms with Gasteiger partial charge in [0.1, 0.15) is 5.82 Å². The zero-order chi connectivity index (χ0) is 16.6. The summed E-state index contributed by atoms with van der Waals surface area (Å²) in [4.78, 5) is 4.49. The van der Waals surface area contributed by atoms with Crippen molar-refractivity contribution in [2.75, 3.05) is 19.6 Å². The first kappa shape index (κ1) is 22.1. The molecule has 0 unspecified atom stereocenters. The van der Waals surface area contributed by atoms with Gasteiger partial charge in [0.2, 0.25) is 0 Å². The van der Waals surface area contributed by atoms with Gasteiger partial charge in [-0.25, -0.2) is 9.38 Å². The Morgan fingerprint density at radius 1 is 1.17 bits per heavy atom. The van der Waals surface area contributed by atoms with Crippen LogP contribution < -0.4 is 16.0 Å². The van der Waals surface area contributed by atoms with Crippen LogP contribution in [0, 0.1) is 12.7 Å². The van der Waals surface area contributed by atoms with Gasteiger partial charge in [-0.3, -0.25) is 0 Å². The lowest BCUT2D eigenvalue weighted by molar-refractivity contribution is 0.428. The molecule has 0 aliphatic rings. The van der Waals surface area contributed by atoms with E-state index in [-0.39, 0.29) is 35.3 Å². The average Bonchev–Trinajstić information content (AvgIpc) is 2.43. The molecule has 0 saturated carbocycles. The van der Waals surface area contributed by atoms with Crippen molar-refractivity contribution in [1.82, 2.24) is 16.0 Å². The first-order valence-electron chi connectivity index (χ1n) is 7.84. The molecule has 0 radical (unpaired) electrons. The predicted molar refractivity (Wildman–Crippen MR) is 107 cm³/mol. The third kappa shape index (κ3) is 9.76. The quantitative estimate of drug-likeness (QED) is 0.278. The Bertz CT molecular complexity index is 498. The van der Waals surface area contributed by atoms with E-state index in [0.717, 1.165) is 31.2 Å². The van der Waals surface area contributed by atoms with E-state index in [1.165, 1.54) is 0 Å². The second-order valence-corrected chi connectivity index (χ2v) is 6.38. The predicted octanol–water partition coefficient (Wildman–Crippen LogP) is 3.20. The van der Waals surface area contributed by atoms with Crippen LogP contribution in [-0.4, -0.2) is 31.1 Å². The molecule has 0 atom stereocenters. The van der Waals surface area contributed by atoms with Gasteiger partial charge in [-0.1, -0.05) is 12.1 Å². The van der Waals surface area contributed by atoms with Crippen molar-refractivity contribution in [2.24, 2.45) is 4.99 Å². The Kier molecular flexibility index (Phi) is 10.4. The second-order valence-electron chi connectivity index (χ2n) is 6.38. The molecule has 0 saturated heterocycles. The van der Waals surface area contributed by atoms with E-state index in [4.69, 9.17) is 0 Å². The normalized spacial score (nSPS) is 11.8. The summed E-state index contributed by atoms with van der Waals surface area (Å²) in [5.41, 5.74) is 1.63. The third-order valence-corrected chi connectivity index (χ3v) is 3.07. The van der Waals surface area contributed by atoms with Crippen molar-refractivity contribution in [3.8, 4) is 0 Å². The first-order chi connectivity index (χ1) is 10.3. The Labute approximate surface area is 156 Å². The molecule has 0 heterocycles. The van der Waals surface area contributed by atoms with Crippen LogP contribution in [0.4, 0.5) is 4.39 Å². The van der Waals surface area contributed by atoms with Gasteiger partial charge in [0.05, 0.1) is 6.54 Å². The number of nitrogens with one attached hydrogen (secondary N) is 3. The molecule has 23 heavy (non-hydrogen) atoms. The minimum Gasteiger partial charge on any atom is -0.357 e. The second kappa shape index (κ2) is 10.8. The highest BCUT2D eigenvalue weighted by atomic mass is 127. The van der Waals surface area contributed by atoms with Crippen LogP contribution in [0.3, 0.4) is 0 Å². The molecule has 0 fully saturated rings. The number of hydrogen-bond donors (Lipinski definition) is 3. The van der Waals surface area contributed by atoms with Crippen LogP contribution in [-0.2, 0) is 6.54 Å². The van der Waals surface area contributed by atoms with Crippen LogP contribution in [0.25, 0.3) is 0 Å². The van der Waals surface area contributed by atoms with E-state index in [2.05, 4.69) is 41.7 Å². The summed E-state index contributed by atoms with van der Waals surface area (Å²) in [6.07, 6.45) is 0. The zero-order valence-electron chi connectivity index (χ0n) is 14.8. The maximum Gasteiger partial charge on any atom is 0.191 e. The number of hydrogen-bond acceptors (Lipinski definition) is 2. The largest absolute Gasteiger partial charge is 0.357 e. The first-order valence-corrected chi connectivity index (χ1v) is 7.84. The molecule has 0 aliphatic heterocycles. The minimum atomic E-state index is -0.181. The van der Waals surface area contributed by atoms with Gasteiger partial charge in [0, 0.05) is 25.2 Å². The molecule has 3 N–H and O–H groups in total. The standard InChI is InChI=1S/C17H29FN4.HI/c1-6-19-16(20-9-10-22-17(3,4)5)21-12-14-8-7-13(2)15(18)11-14;/h7-8,11,22H,6,9-10,12H2,1-5H3,(H2,19,20,21);1H.